The van der Waals surface area contributed by atoms with Crippen molar-refractivity contribution >= 4 is 0 Å². The summed E-state index contributed by atoms with van der Waals surface area (Å²) in [5, 5.41) is 3.52. The monoisotopic (exact) mass is 221 g/mol. The van der Waals surface area contributed by atoms with Crippen LogP contribution >= 0.6 is 0 Å². The van der Waals surface area contributed by atoms with Crippen molar-refractivity contribution in [3.63, 3.8) is 0 Å². The van der Waals surface area contributed by atoms with Crippen LogP contribution in [0.25, 0.3) is 0 Å². The van der Waals surface area contributed by atoms with Gasteiger partial charge in [0, 0.05) is 11.6 Å². The first-order chi connectivity index (χ1) is 7.54. The van der Waals surface area contributed by atoms with Gasteiger partial charge in [-0.05, 0) is 32.4 Å². The third-order valence-corrected chi connectivity index (χ3v) is 2.68. The molecule has 1 aromatic rings. The Hall–Kier alpha value is -1.02. The molecular formula is C14H23NO. The minimum absolute atomic E-state index is 0.331. The van der Waals surface area contributed by atoms with Crippen LogP contribution in [0.5, 0.6) is 5.75 Å². The van der Waals surface area contributed by atoms with E-state index in [0.29, 0.717) is 12.0 Å². The van der Waals surface area contributed by atoms with Gasteiger partial charge in [0.15, 0.2) is 0 Å². The minimum atomic E-state index is 0.331. The summed E-state index contributed by atoms with van der Waals surface area (Å²) in [5.41, 5.74) is 2.51. The van der Waals surface area contributed by atoms with Crippen molar-refractivity contribution in [1.82, 2.24) is 5.32 Å². The molecule has 0 aliphatic rings. The van der Waals surface area contributed by atoms with E-state index in [1.165, 1.54) is 11.1 Å². The summed E-state index contributed by atoms with van der Waals surface area (Å²) >= 11 is 0. The third-order valence-electron chi connectivity index (χ3n) is 2.68. The van der Waals surface area contributed by atoms with Crippen LogP contribution in [0, 0.1) is 12.8 Å². The fraction of sp³-hybridized carbons (Fsp3) is 0.571. The Morgan fingerprint density at radius 3 is 2.50 bits per heavy atom. The fourth-order valence-corrected chi connectivity index (χ4v) is 1.71. The summed E-state index contributed by atoms with van der Waals surface area (Å²) in [6.07, 6.45) is 0. The van der Waals surface area contributed by atoms with E-state index in [1.54, 1.807) is 7.11 Å². The van der Waals surface area contributed by atoms with Crippen LogP contribution in [0.2, 0.25) is 0 Å². The van der Waals surface area contributed by atoms with Gasteiger partial charge in [0.05, 0.1) is 7.11 Å². The molecule has 0 fully saturated rings. The molecule has 0 aliphatic heterocycles. The summed E-state index contributed by atoms with van der Waals surface area (Å²) in [4.78, 5) is 0. The fourth-order valence-electron chi connectivity index (χ4n) is 1.71. The Bertz CT molecular complexity index is 334. The molecule has 0 bridgehead atoms. The van der Waals surface area contributed by atoms with Crippen molar-refractivity contribution in [3.05, 3.63) is 29.3 Å². The highest BCUT2D eigenvalue weighted by molar-refractivity contribution is 5.38. The van der Waals surface area contributed by atoms with Gasteiger partial charge >= 0.3 is 0 Å². The second kappa shape index (κ2) is 5.90. The minimum Gasteiger partial charge on any atom is -0.496 e. The topological polar surface area (TPSA) is 21.3 Å². The van der Waals surface area contributed by atoms with Gasteiger partial charge in [-0.3, -0.25) is 0 Å². The Labute approximate surface area is 99.0 Å². The molecule has 1 aromatic carbocycles. The second-order valence-corrected chi connectivity index (χ2v) is 4.77. The molecule has 0 amide bonds. The third kappa shape index (κ3) is 3.53. The molecule has 2 heteroatoms. The van der Waals surface area contributed by atoms with E-state index in [-0.39, 0.29) is 0 Å². The average Bonchev–Trinajstić information content (AvgIpc) is 2.25. The standard InChI is InChI=1S/C14H23NO/c1-10(2)9-15-12(4)13-8-11(3)6-7-14(13)16-5/h6-8,10,12,15H,9H2,1-5H3. The van der Waals surface area contributed by atoms with Crippen LogP contribution in [0.1, 0.15) is 37.9 Å². The Kier molecular flexibility index (Phi) is 4.81. The first kappa shape index (κ1) is 13.0. The molecule has 0 saturated heterocycles. The van der Waals surface area contributed by atoms with Crippen LogP contribution in [0.4, 0.5) is 0 Å². The first-order valence-electron chi connectivity index (χ1n) is 5.92. The number of hydrogen-bond donors (Lipinski definition) is 1. The zero-order valence-corrected chi connectivity index (χ0v) is 11.0. The molecule has 0 spiro atoms. The van der Waals surface area contributed by atoms with E-state index in [0.717, 1.165) is 12.3 Å². The van der Waals surface area contributed by atoms with Crippen LogP contribution < -0.4 is 10.1 Å². The second-order valence-electron chi connectivity index (χ2n) is 4.77. The van der Waals surface area contributed by atoms with Gasteiger partial charge in [-0.25, -0.2) is 0 Å². The van der Waals surface area contributed by atoms with Crippen molar-refractivity contribution in [2.75, 3.05) is 13.7 Å². The van der Waals surface area contributed by atoms with E-state index in [2.05, 4.69) is 45.1 Å². The van der Waals surface area contributed by atoms with Crippen molar-refractivity contribution in [3.8, 4) is 5.75 Å². The summed E-state index contributed by atoms with van der Waals surface area (Å²) < 4.78 is 5.39. The molecule has 0 aromatic heterocycles. The highest BCUT2D eigenvalue weighted by Crippen LogP contribution is 2.25. The quantitative estimate of drug-likeness (QED) is 0.823. The zero-order chi connectivity index (χ0) is 12.1. The largest absolute Gasteiger partial charge is 0.496 e. The predicted molar refractivity (Wildman–Crippen MR) is 69.0 cm³/mol. The molecule has 0 aliphatic carbocycles. The number of methoxy groups -OCH3 is 1. The van der Waals surface area contributed by atoms with Crippen molar-refractivity contribution in [2.24, 2.45) is 5.92 Å². The molecule has 0 radical (unpaired) electrons. The molecule has 90 valence electrons. The van der Waals surface area contributed by atoms with Crippen LogP contribution in [-0.2, 0) is 0 Å². The average molecular weight is 221 g/mol. The summed E-state index contributed by atoms with van der Waals surface area (Å²) in [5.74, 6) is 1.63. The van der Waals surface area contributed by atoms with Gasteiger partial charge in [0.25, 0.3) is 0 Å². The molecular weight excluding hydrogens is 198 g/mol. The van der Waals surface area contributed by atoms with Crippen LogP contribution in [-0.4, -0.2) is 13.7 Å². The van der Waals surface area contributed by atoms with Crippen molar-refractivity contribution in [1.29, 1.82) is 0 Å². The van der Waals surface area contributed by atoms with Gasteiger partial charge in [-0.2, -0.15) is 0 Å². The summed E-state index contributed by atoms with van der Waals surface area (Å²) in [6, 6.07) is 6.64. The number of hydrogen-bond acceptors (Lipinski definition) is 2. The maximum atomic E-state index is 5.39. The Morgan fingerprint density at radius 1 is 1.25 bits per heavy atom. The van der Waals surface area contributed by atoms with E-state index in [9.17, 15) is 0 Å². The SMILES string of the molecule is COc1ccc(C)cc1C(C)NCC(C)C. The lowest BCUT2D eigenvalue weighted by atomic mass is 10.0. The first-order valence-corrected chi connectivity index (χ1v) is 5.92. The lowest BCUT2D eigenvalue weighted by Crippen LogP contribution is -2.23. The molecule has 1 rings (SSSR count). The van der Waals surface area contributed by atoms with E-state index < -0.39 is 0 Å². The lowest BCUT2D eigenvalue weighted by Gasteiger charge is -2.19. The number of ether oxygens (including phenoxy) is 1. The molecule has 1 unspecified atom stereocenters. The molecule has 0 heterocycles. The smallest absolute Gasteiger partial charge is 0.123 e. The van der Waals surface area contributed by atoms with Gasteiger partial charge < -0.3 is 10.1 Å². The Morgan fingerprint density at radius 2 is 1.94 bits per heavy atom. The lowest BCUT2D eigenvalue weighted by molar-refractivity contribution is 0.398. The van der Waals surface area contributed by atoms with E-state index >= 15 is 0 Å². The predicted octanol–water partition coefficient (Wildman–Crippen LogP) is 3.31. The van der Waals surface area contributed by atoms with Crippen molar-refractivity contribution in [2.45, 2.75) is 33.7 Å². The number of nitrogens with one attached hydrogen (secondary N) is 1. The number of benzene rings is 1. The molecule has 0 saturated carbocycles. The van der Waals surface area contributed by atoms with Crippen molar-refractivity contribution < 1.29 is 4.74 Å². The summed E-state index contributed by atoms with van der Waals surface area (Å²) in [7, 11) is 1.73. The number of aryl methyl sites for hydroxylation is 1. The molecule has 1 atom stereocenters. The summed E-state index contributed by atoms with van der Waals surface area (Å²) in [6.45, 7) is 9.75. The maximum absolute atomic E-state index is 5.39. The number of rotatable bonds is 5. The maximum Gasteiger partial charge on any atom is 0.123 e. The zero-order valence-electron chi connectivity index (χ0n) is 11.0. The van der Waals surface area contributed by atoms with E-state index in [4.69, 9.17) is 4.74 Å². The molecule has 16 heavy (non-hydrogen) atoms. The molecule has 1 N–H and O–H groups in total. The highest BCUT2D eigenvalue weighted by Gasteiger charge is 2.11. The normalized spacial score (nSPS) is 12.9. The molecule has 2 nitrogen and oxygen atoms in total. The van der Waals surface area contributed by atoms with Gasteiger partial charge in [-0.1, -0.05) is 31.5 Å². The van der Waals surface area contributed by atoms with Gasteiger partial charge in [0.1, 0.15) is 5.75 Å². The Balaban J connectivity index is 2.80. The highest BCUT2D eigenvalue weighted by atomic mass is 16.5. The van der Waals surface area contributed by atoms with E-state index in [1.807, 2.05) is 6.07 Å². The van der Waals surface area contributed by atoms with Crippen LogP contribution in [0.3, 0.4) is 0 Å². The van der Waals surface area contributed by atoms with Gasteiger partial charge in [0.2, 0.25) is 0 Å². The van der Waals surface area contributed by atoms with Crippen LogP contribution in [0.15, 0.2) is 18.2 Å². The van der Waals surface area contributed by atoms with Gasteiger partial charge in [-0.15, -0.1) is 0 Å².